The van der Waals surface area contributed by atoms with Crippen LogP contribution in [0.5, 0.6) is 0 Å². The second kappa shape index (κ2) is 4.98. The predicted octanol–water partition coefficient (Wildman–Crippen LogP) is 3.96. The van der Waals surface area contributed by atoms with E-state index in [1.54, 1.807) is 0 Å². The van der Waals surface area contributed by atoms with Crippen molar-refractivity contribution in [3.8, 4) is 0 Å². The molecule has 1 nitrogen and oxygen atoms in total. The topological polar surface area (TPSA) is 12.0 Å². The van der Waals surface area contributed by atoms with Gasteiger partial charge in [0.15, 0.2) is 0 Å². The molecule has 0 bridgehead atoms. The van der Waals surface area contributed by atoms with Crippen molar-refractivity contribution < 1.29 is 0 Å². The number of fused-ring (bicyclic) bond motifs is 1. The van der Waals surface area contributed by atoms with Crippen molar-refractivity contribution >= 4 is 21.4 Å². The van der Waals surface area contributed by atoms with Gasteiger partial charge in [-0.2, -0.15) is 0 Å². The minimum absolute atomic E-state index is 0.717. The van der Waals surface area contributed by atoms with Crippen molar-refractivity contribution in [3.63, 3.8) is 0 Å². The highest BCUT2D eigenvalue weighted by molar-refractivity contribution is 7.19. The summed E-state index contributed by atoms with van der Waals surface area (Å²) in [7, 11) is 0. The molecule has 2 rings (SSSR count). The Labute approximate surface area is 101 Å². The maximum atomic E-state index is 3.51. The van der Waals surface area contributed by atoms with Gasteiger partial charge in [-0.3, -0.25) is 0 Å². The van der Waals surface area contributed by atoms with E-state index in [4.69, 9.17) is 0 Å². The van der Waals surface area contributed by atoms with Gasteiger partial charge in [0.05, 0.1) is 0 Å². The summed E-state index contributed by atoms with van der Waals surface area (Å²) < 4.78 is 1.40. The van der Waals surface area contributed by atoms with Crippen LogP contribution in [-0.4, -0.2) is 6.54 Å². The van der Waals surface area contributed by atoms with E-state index in [9.17, 15) is 0 Å². The fourth-order valence-electron chi connectivity index (χ4n) is 1.87. The van der Waals surface area contributed by atoms with Gasteiger partial charge in [0.25, 0.3) is 0 Å². The number of nitrogens with one attached hydrogen (secondary N) is 1. The SMILES string of the molecule is Cc1c(CNCC(C)C)sc2ccccc12. The standard InChI is InChI=1S/C14H19NS/c1-10(2)8-15-9-14-11(3)12-6-4-5-7-13(12)16-14/h4-7,10,15H,8-9H2,1-3H3. The fourth-order valence-corrected chi connectivity index (χ4v) is 3.05. The molecule has 2 heteroatoms. The van der Waals surface area contributed by atoms with Crippen LogP contribution in [0.2, 0.25) is 0 Å². The van der Waals surface area contributed by atoms with E-state index in [0.717, 1.165) is 19.0 Å². The van der Waals surface area contributed by atoms with Crippen molar-refractivity contribution in [3.05, 3.63) is 34.7 Å². The lowest BCUT2D eigenvalue weighted by Crippen LogP contribution is -2.18. The van der Waals surface area contributed by atoms with Gasteiger partial charge in [0.2, 0.25) is 0 Å². The number of benzene rings is 1. The van der Waals surface area contributed by atoms with Gasteiger partial charge >= 0.3 is 0 Å². The molecule has 0 unspecified atom stereocenters. The average Bonchev–Trinajstić information content (AvgIpc) is 2.56. The van der Waals surface area contributed by atoms with Crippen molar-refractivity contribution in [1.82, 2.24) is 5.32 Å². The average molecular weight is 233 g/mol. The zero-order valence-electron chi connectivity index (χ0n) is 10.2. The smallest absolute Gasteiger partial charge is 0.0348 e. The van der Waals surface area contributed by atoms with Crippen LogP contribution in [0.15, 0.2) is 24.3 Å². The lowest BCUT2D eigenvalue weighted by Gasteiger charge is -2.06. The van der Waals surface area contributed by atoms with E-state index < -0.39 is 0 Å². The molecule has 0 atom stereocenters. The van der Waals surface area contributed by atoms with Gasteiger partial charge in [-0.05, 0) is 36.4 Å². The Morgan fingerprint density at radius 2 is 2.00 bits per heavy atom. The number of hydrogen-bond donors (Lipinski definition) is 1. The van der Waals surface area contributed by atoms with Gasteiger partial charge in [0.1, 0.15) is 0 Å². The molecule has 0 saturated heterocycles. The lowest BCUT2D eigenvalue weighted by molar-refractivity contribution is 0.554. The van der Waals surface area contributed by atoms with Crippen molar-refractivity contribution in [2.24, 2.45) is 5.92 Å². The quantitative estimate of drug-likeness (QED) is 0.843. The molecule has 0 aliphatic rings. The summed E-state index contributed by atoms with van der Waals surface area (Å²) in [5.74, 6) is 0.717. The third-order valence-electron chi connectivity index (χ3n) is 2.78. The Morgan fingerprint density at radius 3 is 2.69 bits per heavy atom. The van der Waals surface area contributed by atoms with E-state index in [1.807, 2.05) is 11.3 Å². The molecule has 1 aromatic carbocycles. The van der Waals surface area contributed by atoms with Crippen LogP contribution in [0.3, 0.4) is 0 Å². The molecular weight excluding hydrogens is 214 g/mol. The van der Waals surface area contributed by atoms with E-state index in [1.165, 1.54) is 20.5 Å². The Morgan fingerprint density at radius 1 is 1.25 bits per heavy atom. The molecule has 0 amide bonds. The van der Waals surface area contributed by atoms with Gasteiger partial charge < -0.3 is 5.32 Å². The molecule has 2 aromatic rings. The summed E-state index contributed by atoms with van der Waals surface area (Å²) in [4.78, 5) is 1.47. The molecule has 0 fully saturated rings. The third kappa shape index (κ3) is 2.45. The second-order valence-corrected chi connectivity index (χ2v) is 5.81. The highest BCUT2D eigenvalue weighted by Crippen LogP contribution is 2.30. The first kappa shape index (κ1) is 11.6. The molecule has 16 heavy (non-hydrogen) atoms. The van der Waals surface area contributed by atoms with Crippen LogP contribution in [-0.2, 0) is 6.54 Å². The zero-order chi connectivity index (χ0) is 11.5. The van der Waals surface area contributed by atoms with Crippen molar-refractivity contribution in [2.45, 2.75) is 27.3 Å². The van der Waals surface area contributed by atoms with E-state index >= 15 is 0 Å². The van der Waals surface area contributed by atoms with Gasteiger partial charge in [0, 0.05) is 16.1 Å². The van der Waals surface area contributed by atoms with Crippen molar-refractivity contribution in [1.29, 1.82) is 0 Å². The van der Waals surface area contributed by atoms with E-state index in [2.05, 4.69) is 50.4 Å². The summed E-state index contributed by atoms with van der Waals surface area (Å²) in [6.07, 6.45) is 0. The summed E-state index contributed by atoms with van der Waals surface area (Å²) in [5, 5.41) is 4.92. The zero-order valence-corrected chi connectivity index (χ0v) is 11.0. The van der Waals surface area contributed by atoms with E-state index in [0.29, 0.717) is 0 Å². The maximum absolute atomic E-state index is 3.51. The second-order valence-electron chi connectivity index (χ2n) is 4.67. The van der Waals surface area contributed by atoms with Crippen LogP contribution >= 0.6 is 11.3 Å². The summed E-state index contributed by atoms with van der Waals surface area (Å²) in [5.41, 5.74) is 1.44. The first-order valence-electron chi connectivity index (χ1n) is 5.86. The summed E-state index contributed by atoms with van der Waals surface area (Å²) >= 11 is 1.91. The molecule has 0 spiro atoms. The van der Waals surface area contributed by atoms with Crippen LogP contribution in [0.25, 0.3) is 10.1 Å². The van der Waals surface area contributed by atoms with Crippen LogP contribution in [0.1, 0.15) is 24.3 Å². The van der Waals surface area contributed by atoms with Gasteiger partial charge in [-0.1, -0.05) is 32.0 Å². The number of thiophene rings is 1. The minimum Gasteiger partial charge on any atom is -0.312 e. The van der Waals surface area contributed by atoms with Gasteiger partial charge in [-0.15, -0.1) is 11.3 Å². The largest absolute Gasteiger partial charge is 0.312 e. The Balaban J connectivity index is 2.15. The lowest BCUT2D eigenvalue weighted by atomic mass is 10.1. The molecule has 0 saturated carbocycles. The highest BCUT2D eigenvalue weighted by Gasteiger charge is 2.07. The minimum atomic E-state index is 0.717. The highest BCUT2D eigenvalue weighted by atomic mass is 32.1. The van der Waals surface area contributed by atoms with Crippen molar-refractivity contribution in [2.75, 3.05) is 6.54 Å². The monoisotopic (exact) mass is 233 g/mol. The van der Waals surface area contributed by atoms with Crippen LogP contribution in [0, 0.1) is 12.8 Å². The Bertz CT molecular complexity index is 471. The normalized spacial score (nSPS) is 11.5. The van der Waals surface area contributed by atoms with Crippen LogP contribution in [0.4, 0.5) is 0 Å². The fraction of sp³-hybridized carbons (Fsp3) is 0.429. The molecule has 0 aliphatic carbocycles. The summed E-state index contributed by atoms with van der Waals surface area (Å²) in [6.45, 7) is 8.80. The number of rotatable bonds is 4. The predicted molar refractivity (Wildman–Crippen MR) is 73.1 cm³/mol. The Hall–Kier alpha value is -0.860. The van der Waals surface area contributed by atoms with Gasteiger partial charge in [-0.25, -0.2) is 0 Å². The maximum Gasteiger partial charge on any atom is 0.0348 e. The number of aryl methyl sites for hydroxylation is 1. The first-order valence-corrected chi connectivity index (χ1v) is 6.68. The Kier molecular flexibility index (Phi) is 3.62. The van der Waals surface area contributed by atoms with Crippen LogP contribution < -0.4 is 5.32 Å². The molecule has 1 N–H and O–H groups in total. The van der Waals surface area contributed by atoms with E-state index in [-0.39, 0.29) is 0 Å². The molecule has 1 heterocycles. The molecule has 0 aliphatic heterocycles. The molecule has 0 radical (unpaired) electrons. The molecule has 1 aromatic heterocycles. The summed E-state index contributed by atoms with van der Waals surface area (Å²) in [6, 6.07) is 8.66. The number of hydrogen-bond acceptors (Lipinski definition) is 2. The first-order chi connectivity index (χ1) is 7.68. The molecular formula is C14H19NS. The third-order valence-corrected chi connectivity index (χ3v) is 4.05. The molecule has 86 valence electrons.